The van der Waals surface area contributed by atoms with Crippen LogP contribution in [0.25, 0.3) is 0 Å². The average Bonchev–Trinajstić information content (AvgIpc) is 2.88. The minimum atomic E-state index is -0.267. The van der Waals surface area contributed by atoms with Crippen molar-refractivity contribution in [3.8, 4) is 6.07 Å². The van der Waals surface area contributed by atoms with Crippen LogP contribution in [0.15, 0.2) is 0 Å². The monoisotopic (exact) mass is 265 g/mol. The van der Waals surface area contributed by atoms with Gasteiger partial charge >= 0.3 is 0 Å². The van der Waals surface area contributed by atoms with Crippen LogP contribution < -0.4 is 5.32 Å². The molecule has 0 radical (unpaired) electrons. The number of hydrogen-bond acceptors (Lipinski definition) is 4. The number of morpholine rings is 1. The van der Waals surface area contributed by atoms with Crippen LogP contribution in [0.4, 0.5) is 0 Å². The number of rotatable bonds is 5. The molecule has 2 rings (SSSR count). The highest BCUT2D eigenvalue weighted by Gasteiger charge is 2.41. The summed E-state index contributed by atoms with van der Waals surface area (Å²) >= 11 is 0. The Labute approximate surface area is 117 Å². The maximum atomic E-state index is 9.46. The number of nitrogens with zero attached hydrogens (tertiary/aromatic N) is 2. The molecule has 19 heavy (non-hydrogen) atoms. The van der Waals surface area contributed by atoms with Gasteiger partial charge in [-0.2, -0.15) is 5.26 Å². The summed E-state index contributed by atoms with van der Waals surface area (Å²) in [5, 5.41) is 12.7. The van der Waals surface area contributed by atoms with Crippen molar-refractivity contribution >= 4 is 0 Å². The van der Waals surface area contributed by atoms with E-state index in [1.165, 1.54) is 12.8 Å². The van der Waals surface area contributed by atoms with Crippen LogP contribution >= 0.6 is 0 Å². The Balaban J connectivity index is 1.83. The highest BCUT2D eigenvalue weighted by Crippen LogP contribution is 2.37. The number of nitriles is 1. The van der Waals surface area contributed by atoms with E-state index >= 15 is 0 Å². The molecule has 1 saturated heterocycles. The smallest absolute Gasteiger partial charge is 0.109 e. The quantitative estimate of drug-likeness (QED) is 0.823. The van der Waals surface area contributed by atoms with Gasteiger partial charge in [0, 0.05) is 13.1 Å². The SMILES string of the molecule is CCC1CN(CCC2CCCC2(C#N)NC)CCO1. The van der Waals surface area contributed by atoms with Gasteiger partial charge in [-0.15, -0.1) is 0 Å². The van der Waals surface area contributed by atoms with Gasteiger partial charge in [0.15, 0.2) is 0 Å². The zero-order chi connectivity index (χ0) is 13.7. The third kappa shape index (κ3) is 3.28. The predicted octanol–water partition coefficient (Wildman–Crippen LogP) is 1.77. The maximum Gasteiger partial charge on any atom is 0.109 e. The van der Waals surface area contributed by atoms with Crippen molar-refractivity contribution in [2.24, 2.45) is 5.92 Å². The summed E-state index contributed by atoms with van der Waals surface area (Å²) in [5.74, 6) is 0.505. The first-order chi connectivity index (χ1) is 9.24. The molecular weight excluding hydrogens is 238 g/mol. The number of hydrogen-bond donors (Lipinski definition) is 1. The van der Waals surface area contributed by atoms with Crippen LogP contribution in [-0.4, -0.2) is 49.8 Å². The fraction of sp³-hybridized carbons (Fsp3) is 0.933. The van der Waals surface area contributed by atoms with Gasteiger partial charge in [0.25, 0.3) is 0 Å². The predicted molar refractivity (Wildman–Crippen MR) is 75.8 cm³/mol. The Hall–Kier alpha value is -0.630. The van der Waals surface area contributed by atoms with Crippen molar-refractivity contribution in [1.29, 1.82) is 5.26 Å². The first kappa shape index (κ1) is 14.8. The fourth-order valence-corrected chi connectivity index (χ4v) is 3.57. The second-order valence-corrected chi connectivity index (χ2v) is 5.91. The molecule has 2 fully saturated rings. The largest absolute Gasteiger partial charge is 0.376 e. The summed E-state index contributed by atoms with van der Waals surface area (Å²) in [4.78, 5) is 2.51. The van der Waals surface area contributed by atoms with Gasteiger partial charge in [-0.3, -0.25) is 4.90 Å². The van der Waals surface area contributed by atoms with Gasteiger partial charge in [-0.1, -0.05) is 13.3 Å². The summed E-state index contributed by atoms with van der Waals surface area (Å²) in [5.41, 5.74) is -0.267. The van der Waals surface area contributed by atoms with Gasteiger partial charge in [-0.25, -0.2) is 0 Å². The van der Waals surface area contributed by atoms with E-state index in [0.29, 0.717) is 12.0 Å². The van der Waals surface area contributed by atoms with E-state index in [0.717, 1.165) is 45.5 Å². The molecule has 1 saturated carbocycles. The Morgan fingerprint density at radius 3 is 3.05 bits per heavy atom. The van der Waals surface area contributed by atoms with Gasteiger partial charge in [-0.05, 0) is 45.2 Å². The van der Waals surface area contributed by atoms with Gasteiger partial charge in [0.05, 0.1) is 18.8 Å². The Morgan fingerprint density at radius 1 is 1.53 bits per heavy atom. The molecule has 0 aromatic rings. The van der Waals surface area contributed by atoms with Gasteiger partial charge in [0.2, 0.25) is 0 Å². The van der Waals surface area contributed by atoms with Crippen molar-refractivity contribution in [3.05, 3.63) is 0 Å². The first-order valence-electron chi connectivity index (χ1n) is 7.68. The molecule has 1 aliphatic carbocycles. The lowest BCUT2D eigenvalue weighted by Crippen LogP contribution is -2.47. The lowest BCUT2D eigenvalue weighted by Gasteiger charge is -2.35. The fourth-order valence-electron chi connectivity index (χ4n) is 3.57. The molecule has 0 amide bonds. The Kier molecular flexibility index (Phi) is 5.20. The molecule has 0 bridgehead atoms. The second kappa shape index (κ2) is 6.69. The topological polar surface area (TPSA) is 48.3 Å². The summed E-state index contributed by atoms with van der Waals surface area (Å²) < 4.78 is 5.71. The van der Waals surface area contributed by atoms with Crippen molar-refractivity contribution in [2.45, 2.75) is 50.7 Å². The summed E-state index contributed by atoms with van der Waals surface area (Å²) in [6.07, 6.45) is 6.01. The van der Waals surface area contributed by atoms with Crippen molar-refractivity contribution < 1.29 is 4.74 Å². The third-order valence-electron chi connectivity index (χ3n) is 4.94. The standard InChI is InChI=1S/C15H27N3O/c1-3-14-11-18(9-10-19-14)8-6-13-5-4-7-15(13,12-16)17-2/h13-14,17H,3-11H2,1-2H3. The molecule has 0 aromatic carbocycles. The van der Waals surface area contributed by atoms with E-state index in [2.05, 4.69) is 23.2 Å². The Morgan fingerprint density at radius 2 is 2.37 bits per heavy atom. The molecule has 108 valence electrons. The lowest BCUT2D eigenvalue weighted by atomic mass is 9.86. The lowest BCUT2D eigenvalue weighted by molar-refractivity contribution is -0.0314. The van der Waals surface area contributed by atoms with Crippen molar-refractivity contribution in [1.82, 2.24) is 10.2 Å². The van der Waals surface area contributed by atoms with Crippen LogP contribution in [-0.2, 0) is 4.74 Å². The molecule has 3 atom stereocenters. The average molecular weight is 265 g/mol. The van der Waals surface area contributed by atoms with Crippen LogP contribution in [0, 0.1) is 17.2 Å². The maximum absolute atomic E-state index is 9.46. The molecule has 3 unspecified atom stereocenters. The molecule has 1 heterocycles. The van der Waals surface area contributed by atoms with E-state index in [1.807, 2.05) is 7.05 Å². The third-order valence-corrected chi connectivity index (χ3v) is 4.94. The summed E-state index contributed by atoms with van der Waals surface area (Å²) in [7, 11) is 1.93. The highest BCUT2D eigenvalue weighted by molar-refractivity contribution is 5.13. The molecule has 0 spiro atoms. The van der Waals surface area contributed by atoms with Gasteiger partial charge < -0.3 is 10.1 Å². The number of nitrogens with one attached hydrogen (secondary N) is 1. The normalized spacial score (nSPS) is 36.3. The van der Waals surface area contributed by atoms with Crippen LogP contribution in [0.2, 0.25) is 0 Å². The van der Waals surface area contributed by atoms with E-state index in [-0.39, 0.29) is 5.54 Å². The van der Waals surface area contributed by atoms with Crippen LogP contribution in [0.1, 0.15) is 39.0 Å². The van der Waals surface area contributed by atoms with E-state index < -0.39 is 0 Å². The molecule has 4 heteroatoms. The Bertz CT molecular complexity index is 328. The zero-order valence-electron chi connectivity index (χ0n) is 12.3. The summed E-state index contributed by atoms with van der Waals surface area (Å²) in [6.45, 7) is 6.26. The highest BCUT2D eigenvalue weighted by atomic mass is 16.5. The molecular formula is C15H27N3O. The first-order valence-corrected chi connectivity index (χ1v) is 7.68. The van der Waals surface area contributed by atoms with E-state index in [1.54, 1.807) is 0 Å². The van der Waals surface area contributed by atoms with Crippen molar-refractivity contribution in [3.63, 3.8) is 0 Å². The van der Waals surface area contributed by atoms with E-state index in [9.17, 15) is 5.26 Å². The van der Waals surface area contributed by atoms with Crippen molar-refractivity contribution in [2.75, 3.05) is 33.3 Å². The van der Waals surface area contributed by atoms with E-state index in [4.69, 9.17) is 4.74 Å². The van der Waals surface area contributed by atoms with Crippen LogP contribution in [0.5, 0.6) is 0 Å². The summed E-state index contributed by atoms with van der Waals surface area (Å²) in [6, 6.07) is 2.53. The minimum Gasteiger partial charge on any atom is -0.376 e. The van der Waals surface area contributed by atoms with Gasteiger partial charge in [0.1, 0.15) is 5.54 Å². The minimum absolute atomic E-state index is 0.267. The molecule has 2 aliphatic rings. The molecule has 1 N–H and O–H groups in total. The zero-order valence-corrected chi connectivity index (χ0v) is 12.3. The molecule has 4 nitrogen and oxygen atoms in total. The molecule has 1 aliphatic heterocycles. The second-order valence-electron chi connectivity index (χ2n) is 5.91. The number of ether oxygens (including phenoxy) is 1. The molecule has 0 aromatic heterocycles. The van der Waals surface area contributed by atoms with Crippen LogP contribution in [0.3, 0.4) is 0 Å².